The molecular formula is C44H46B2F4N4S. The van der Waals surface area contributed by atoms with Crippen molar-refractivity contribution >= 4 is 68.9 Å². The third-order valence-corrected chi connectivity index (χ3v) is 13.6. The Morgan fingerprint density at radius 3 is 1.24 bits per heavy atom. The topological polar surface area (TPSA) is 34.6 Å². The van der Waals surface area contributed by atoms with Crippen molar-refractivity contribution in [1.82, 2.24) is 8.96 Å². The molecule has 2 aromatic carbocycles. The third-order valence-electron chi connectivity index (χ3n) is 12.3. The summed E-state index contributed by atoms with van der Waals surface area (Å²) in [6, 6.07) is 12.1. The Hall–Kier alpha value is -4.63. The molecule has 2 aliphatic rings. The summed E-state index contributed by atoms with van der Waals surface area (Å²) in [4.78, 5) is 10.2. The molecule has 0 N–H and O–H groups in total. The minimum Gasteiger partial charge on any atom is -0.329 e. The summed E-state index contributed by atoms with van der Waals surface area (Å²) in [6.45, 7) is 23.3. The molecule has 4 nitrogen and oxygen atoms in total. The van der Waals surface area contributed by atoms with Gasteiger partial charge in [-0.3, -0.25) is 27.2 Å². The van der Waals surface area contributed by atoms with Gasteiger partial charge in [0.05, 0.1) is 11.4 Å². The number of thiophene rings is 1. The zero-order chi connectivity index (χ0) is 39.9. The molecule has 0 saturated carbocycles. The van der Waals surface area contributed by atoms with E-state index in [9.17, 15) is 0 Å². The number of benzene rings is 2. The van der Waals surface area contributed by atoms with Gasteiger partial charge in [0.25, 0.3) is 0 Å². The molecule has 5 aromatic rings. The van der Waals surface area contributed by atoms with Crippen LogP contribution in [0, 0.1) is 41.5 Å². The first kappa shape index (κ1) is 38.6. The van der Waals surface area contributed by atoms with Crippen molar-refractivity contribution in [2.45, 2.75) is 95.9 Å². The zero-order valence-corrected chi connectivity index (χ0v) is 34.6. The lowest BCUT2D eigenvalue weighted by Crippen LogP contribution is -2.18. The molecule has 55 heavy (non-hydrogen) atoms. The van der Waals surface area contributed by atoms with E-state index in [1.54, 1.807) is 25.2 Å². The first-order valence-corrected chi connectivity index (χ1v) is 19.8. The molecule has 5 heterocycles. The Bertz CT molecular complexity index is 2490. The van der Waals surface area contributed by atoms with Gasteiger partial charge < -0.3 is 8.96 Å². The molecule has 0 fully saturated rings. The Morgan fingerprint density at radius 1 is 0.564 bits per heavy atom. The third kappa shape index (κ3) is 5.70. The van der Waals surface area contributed by atoms with Gasteiger partial charge in [-0.2, -0.15) is 0 Å². The number of rotatable bonds is 8. The second-order valence-electron chi connectivity index (χ2n) is 14.9. The number of aliphatic imine (C=N–C) groups is 2. The van der Waals surface area contributed by atoms with E-state index >= 15 is 17.3 Å². The molecule has 11 heteroatoms. The van der Waals surface area contributed by atoms with Gasteiger partial charge in [-0.1, -0.05) is 50.2 Å². The fourth-order valence-electron chi connectivity index (χ4n) is 9.00. The van der Waals surface area contributed by atoms with Crippen LogP contribution in [0.1, 0.15) is 111 Å². The molecule has 0 spiro atoms. The van der Waals surface area contributed by atoms with Crippen molar-refractivity contribution in [3.05, 3.63) is 126 Å². The predicted octanol–water partition coefficient (Wildman–Crippen LogP) is 13.0. The number of hydrogen-bond donors (Lipinski definition) is 0. The van der Waals surface area contributed by atoms with Crippen molar-refractivity contribution < 1.29 is 17.3 Å². The molecule has 282 valence electrons. The normalized spacial score (nSPS) is 16.7. The van der Waals surface area contributed by atoms with Crippen LogP contribution >= 0.6 is 11.3 Å². The molecule has 3 aromatic heterocycles. The molecule has 0 aliphatic carbocycles. The average molecular weight is 761 g/mol. The van der Waals surface area contributed by atoms with E-state index in [1.165, 1.54) is 0 Å². The number of fused-ring (bicyclic) bond motifs is 3. The molecule has 0 unspecified atom stereocenters. The van der Waals surface area contributed by atoms with Crippen LogP contribution < -0.4 is 0 Å². The second-order valence-corrected chi connectivity index (χ2v) is 15.9. The standard InChI is InChI=1S/C44H46B2F4N4S/c1-13-31-25(7)39(51-27(31)9)37(41-23(5)21(3)29(11)53(41)45(47)48)35-19-15-17-33-34-18-16-20-36(44(34)55-43(33)35)38(40-26(8)32(14-2)28(10)52-40)42-24(6)22(4)30(12)54(42)46(49)50/h15-20H,13-14H2,1-12H3/b39-37+,40-38+. The highest BCUT2D eigenvalue weighted by Gasteiger charge is 2.35. The SMILES string of the molecule is CCC1=C(C)/C(=C(/c2cccc3c2sc2c(/C(=C4\N=C(C)C(CC)=C4C)c4c(C)c(C)c(C)n4B(F)F)cccc23)c2c(C)c(C)c(C)n2B(F)F)N=C1C. The Labute approximate surface area is 326 Å². The van der Waals surface area contributed by atoms with Gasteiger partial charge in [0.2, 0.25) is 0 Å². The molecule has 0 atom stereocenters. The summed E-state index contributed by atoms with van der Waals surface area (Å²) in [5.74, 6) is 0. The van der Waals surface area contributed by atoms with Crippen molar-refractivity contribution in [1.29, 1.82) is 0 Å². The summed E-state index contributed by atoms with van der Waals surface area (Å²) < 4.78 is 64.9. The maximum Gasteiger partial charge on any atom is 0.677 e. The van der Waals surface area contributed by atoms with Gasteiger partial charge >= 0.3 is 14.8 Å². The fourth-order valence-corrected chi connectivity index (χ4v) is 10.3. The van der Waals surface area contributed by atoms with Crippen molar-refractivity contribution in [3.63, 3.8) is 0 Å². The Morgan fingerprint density at radius 2 is 0.927 bits per heavy atom. The van der Waals surface area contributed by atoms with E-state index in [4.69, 9.17) is 9.98 Å². The summed E-state index contributed by atoms with van der Waals surface area (Å²) in [6.07, 6.45) is 1.54. The molecule has 2 aliphatic heterocycles. The maximum atomic E-state index is 15.2. The van der Waals surface area contributed by atoms with E-state index in [0.717, 1.165) is 109 Å². The zero-order valence-electron chi connectivity index (χ0n) is 33.7. The Balaban J connectivity index is 1.65. The maximum absolute atomic E-state index is 15.2. The second kappa shape index (κ2) is 14.1. The summed E-state index contributed by atoms with van der Waals surface area (Å²) in [5, 5.41) is 1.92. The van der Waals surface area contributed by atoms with E-state index in [1.807, 2.05) is 79.7 Å². The van der Waals surface area contributed by atoms with E-state index in [2.05, 4.69) is 26.0 Å². The number of aromatic nitrogens is 2. The molecule has 0 amide bonds. The first-order chi connectivity index (χ1) is 26.1. The van der Waals surface area contributed by atoms with Crippen molar-refractivity contribution in [2.24, 2.45) is 9.98 Å². The van der Waals surface area contributed by atoms with E-state index < -0.39 is 14.8 Å². The summed E-state index contributed by atoms with van der Waals surface area (Å²) in [7, 11) is -5.52. The fraction of sp³-hybridized carbons (Fsp3) is 0.318. The minimum absolute atomic E-state index is 0.459. The first-order valence-electron chi connectivity index (χ1n) is 18.9. The summed E-state index contributed by atoms with van der Waals surface area (Å²) >= 11 is 1.57. The molecule has 0 radical (unpaired) electrons. The van der Waals surface area contributed by atoms with Crippen molar-refractivity contribution in [3.8, 4) is 0 Å². The lowest BCUT2D eigenvalue weighted by Gasteiger charge is -2.17. The lowest BCUT2D eigenvalue weighted by molar-refractivity contribution is 0.622. The van der Waals surface area contributed by atoms with E-state index in [-0.39, 0.29) is 0 Å². The van der Waals surface area contributed by atoms with Gasteiger partial charge in [0.15, 0.2) is 0 Å². The van der Waals surface area contributed by atoms with Crippen LogP contribution in [0.5, 0.6) is 0 Å². The largest absolute Gasteiger partial charge is 0.677 e. The number of allylic oxidation sites excluding steroid dienone is 4. The molecule has 7 rings (SSSR count). The minimum atomic E-state index is -2.76. The van der Waals surface area contributed by atoms with Crippen LogP contribution in [0.2, 0.25) is 0 Å². The van der Waals surface area contributed by atoms with Crippen LogP contribution in [0.4, 0.5) is 17.3 Å². The highest BCUT2D eigenvalue weighted by atomic mass is 32.1. The highest BCUT2D eigenvalue weighted by molar-refractivity contribution is 7.26. The monoisotopic (exact) mass is 760 g/mol. The lowest BCUT2D eigenvalue weighted by atomic mass is 9.90. The predicted molar refractivity (Wildman–Crippen MR) is 228 cm³/mol. The van der Waals surface area contributed by atoms with E-state index in [0.29, 0.717) is 45.3 Å². The average Bonchev–Trinajstić information content (AvgIpc) is 3.87. The molecule has 0 saturated heterocycles. The highest BCUT2D eigenvalue weighted by Crippen LogP contribution is 2.49. The number of nitrogens with zero attached hydrogens (tertiary/aromatic N) is 4. The Kier molecular flexibility index (Phi) is 9.94. The molecule has 0 bridgehead atoms. The quantitative estimate of drug-likeness (QED) is 0.112. The number of hydrogen-bond acceptors (Lipinski definition) is 3. The van der Waals surface area contributed by atoms with Gasteiger partial charge in [0.1, 0.15) is 0 Å². The van der Waals surface area contributed by atoms with Crippen LogP contribution in [0.15, 0.2) is 80.1 Å². The summed E-state index contributed by atoms with van der Waals surface area (Å²) in [5.41, 5.74) is 15.5. The van der Waals surface area contributed by atoms with Crippen LogP contribution in [0.25, 0.3) is 31.3 Å². The van der Waals surface area contributed by atoms with Gasteiger partial charge in [0, 0.05) is 76.6 Å². The van der Waals surface area contributed by atoms with Gasteiger partial charge in [-0.25, -0.2) is 0 Å². The van der Waals surface area contributed by atoms with Gasteiger partial charge in [-0.05, 0) is 127 Å². The van der Waals surface area contributed by atoms with Crippen LogP contribution in [-0.4, -0.2) is 35.2 Å². The molecular weight excluding hydrogens is 714 g/mol. The number of halogens is 4. The smallest absolute Gasteiger partial charge is 0.329 e. The van der Waals surface area contributed by atoms with Crippen LogP contribution in [-0.2, 0) is 0 Å². The van der Waals surface area contributed by atoms with Gasteiger partial charge in [-0.15, -0.1) is 11.3 Å². The van der Waals surface area contributed by atoms with Crippen molar-refractivity contribution in [2.75, 3.05) is 0 Å². The van der Waals surface area contributed by atoms with Crippen LogP contribution in [0.3, 0.4) is 0 Å².